The van der Waals surface area contributed by atoms with Crippen LogP contribution in [0.1, 0.15) is 78.6 Å². The van der Waals surface area contributed by atoms with E-state index in [1.165, 1.54) is 30.3 Å². The van der Waals surface area contributed by atoms with Crippen LogP contribution in [0.5, 0.6) is 0 Å². The summed E-state index contributed by atoms with van der Waals surface area (Å²) in [5, 5.41) is 0. The molecule has 35 heavy (non-hydrogen) atoms. The van der Waals surface area contributed by atoms with Gasteiger partial charge in [0.15, 0.2) is 17.6 Å². The summed E-state index contributed by atoms with van der Waals surface area (Å²) >= 11 is 0. The fourth-order valence-corrected chi connectivity index (χ4v) is 5.09. The number of esters is 3. The van der Waals surface area contributed by atoms with Crippen LogP contribution in [-0.2, 0) is 37.7 Å². The third-order valence-electron chi connectivity index (χ3n) is 5.53. The van der Waals surface area contributed by atoms with Crippen LogP contribution in [0, 0.1) is 5.92 Å². The minimum Gasteiger partial charge on any atom is -0.464 e. The summed E-state index contributed by atoms with van der Waals surface area (Å²) in [6.45, 7) is 9.47. The molecular weight excluding hydrogens is 479 g/mol. The van der Waals surface area contributed by atoms with E-state index in [9.17, 15) is 23.8 Å². The van der Waals surface area contributed by atoms with Crippen LogP contribution < -0.4 is 5.44 Å². The molecule has 1 aliphatic heterocycles. The minimum atomic E-state index is -4.43. The summed E-state index contributed by atoms with van der Waals surface area (Å²) < 4.78 is 35.8. The lowest BCUT2D eigenvalue weighted by Crippen LogP contribution is -2.32. The van der Waals surface area contributed by atoms with Crippen LogP contribution in [0.3, 0.4) is 0 Å². The van der Waals surface area contributed by atoms with Gasteiger partial charge in [-0.15, -0.1) is 0 Å². The van der Waals surface area contributed by atoms with Crippen molar-refractivity contribution in [1.82, 2.24) is 9.55 Å². The van der Waals surface area contributed by atoms with Gasteiger partial charge in [-0.2, -0.15) is 0 Å². The van der Waals surface area contributed by atoms with Crippen molar-refractivity contribution in [3.05, 3.63) is 23.7 Å². The smallest absolute Gasteiger partial charge is 0.379 e. The van der Waals surface area contributed by atoms with Crippen molar-refractivity contribution in [3.8, 4) is 0 Å². The summed E-state index contributed by atoms with van der Waals surface area (Å²) in [6.07, 6.45) is 3.47. The van der Waals surface area contributed by atoms with E-state index in [1.807, 2.05) is 20.8 Å². The van der Waals surface area contributed by atoms with Crippen LogP contribution in [0.15, 0.2) is 18.0 Å². The number of nitrogens with zero attached hydrogens (tertiary/aromatic N) is 2. The van der Waals surface area contributed by atoms with Crippen LogP contribution in [0.2, 0.25) is 0 Å². The molecule has 2 heterocycles. The molecule has 1 aromatic rings. The zero-order chi connectivity index (χ0) is 26.3. The van der Waals surface area contributed by atoms with Crippen molar-refractivity contribution < 1.29 is 42.6 Å². The minimum absolute atomic E-state index is 0.0263. The normalized spacial score (nSPS) is 21.4. The van der Waals surface area contributed by atoms with Gasteiger partial charge >= 0.3 is 25.5 Å². The maximum Gasteiger partial charge on any atom is 0.379 e. The summed E-state index contributed by atoms with van der Waals surface area (Å²) in [6, 6.07) is -0.821. The van der Waals surface area contributed by atoms with Crippen molar-refractivity contribution in [2.24, 2.45) is 5.92 Å². The lowest BCUT2D eigenvalue weighted by atomic mass is 10.0. The molecule has 5 atom stereocenters. The molecule has 11 nitrogen and oxygen atoms in total. The summed E-state index contributed by atoms with van der Waals surface area (Å²) in [5.41, 5.74) is 0.998. The molecule has 0 amide bonds. The first-order valence-electron chi connectivity index (χ1n) is 11.5. The van der Waals surface area contributed by atoms with Gasteiger partial charge in [-0.05, 0) is 39.0 Å². The largest absolute Gasteiger partial charge is 0.464 e. The van der Waals surface area contributed by atoms with Crippen molar-refractivity contribution in [1.29, 1.82) is 0 Å². The fourth-order valence-electron chi connectivity index (χ4n) is 3.88. The van der Waals surface area contributed by atoms with Gasteiger partial charge in [0.2, 0.25) is 0 Å². The van der Waals surface area contributed by atoms with Gasteiger partial charge in [-0.25, -0.2) is 4.98 Å². The Morgan fingerprint density at radius 1 is 1.11 bits per heavy atom. The highest BCUT2D eigenvalue weighted by molar-refractivity contribution is 7.61. The van der Waals surface area contributed by atoms with E-state index < -0.39 is 43.8 Å². The van der Waals surface area contributed by atoms with Gasteiger partial charge in [-0.3, -0.25) is 18.9 Å². The molecule has 1 aromatic heterocycles. The quantitative estimate of drug-likeness (QED) is 0.191. The zero-order valence-corrected chi connectivity index (χ0v) is 21.9. The molecule has 1 N–H and O–H groups in total. The van der Waals surface area contributed by atoms with E-state index in [4.69, 9.17) is 18.7 Å². The molecule has 0 saturated carbocycles. The molecule has 12 heteroatoms. The Morgan fingerprint density at radius 3 is 2.34 bits per heavy atom. The van der Waals surface area contributed by atoms with Gasteiger partial charge in [0.1, 0.15) is 12.6 Å². The predicted octanol–water partition coefficient (Wildman–Crippen LogP) is 3.14. The average molecular weight is 515 g/mol. The SMILES string of the molecule is CC(=O)OC[C@@H]1[C@@H](OC(C)=O)[C@H](OC(C)=O)c2c(P(=O)(O)OCC[C@@H](C)CCC=C(C)C)ncn21. The molecule has 0 bridgehead atoms. The molecule has 0 fully saturated rings. The first-order chi connectivity index (χ1) is 16.3. The zero-order valence-electron chi connectivity index (χ0n) is 21.1. The van der Waals surface area contributed by atoms with E-state index in [2.05, 4.69) is 11.1 Å². The van der Waals surface area contributed by atoms with E-state index in [1.54, 1.807) is 0 Å². The van der Waals surface area contributed by atoms with Crippen LogP contribution in [0.25, 0.3) is 0 Å². The second-order valence-electron chi connectivity index (χ2n) is 8.94. The Kier molecular flexibility index (Phi) is 10.2. The van der Waals surface area contributed by atoms with E-state index in [0.717, 1.165) is 19.8 Å². The second kappa shape index (κ2) is 12.5. The van der Waals surface area contributed by atoms with Gasteiger partial charge in [-0.1, -0.05) is 18.6 Å². The fraction of sp³-hybridized carbons (Fsp3) is 0.652. The molecule has 2 rings (SSSR count). The number of carbonyl (C=O) groups excluding carboxylic acids is 3. The van der Waals surface area contributed by atoms with Crippen molar-refractivity contribution in [2.75, 3.05) is 13.2 Å². The maximum atomic E-state index is 13.2. The maximum absolute atomic E-state index is 13.2. The van der Waals surface area contributed by atoms with Crippen molar-refractivity contribution in [2.45, 2.75) is 79.1 Å². The molecule has 196 valence electrons. The summed E-state index contributed by atoms with van der Waals surface area (Å²) in [7, 11) is -4.43. The number of ether oxygens (including phenoxy) is 3. The van der Waals surface area contributed by atoms with E-state index >= 15 is 0 Å². The summed E-state index contributed by atoms with van der Waals surface area (Å²) in [5.74, 6) is -1.66. The first kappa shape index (κ1) is 28.7. The number of imidazole rings is 1. The third-order valence-corrected chi connectivity index (χ3v) is 6.94. The number of fused-ring (bicyclic) bond motifs is 1. The number of rotatable bonds is 12. The van der Waals surface area contributed by atoms with Crippen LogP contribution in [0.4, 0.5) is 0 Å². The standard InChI is InChI=1S/C23H35N2O9P/c1-14(2)8-7-9-15(3)10-11-32-35(29,30)23-20-22(34-18(6)28)21(33-17(5)27)19(12-31-16(4)26)25(20)13-24-23/h8,13,15,19,21-22H,7,9-12H2,1-6H3,(H,29,30)/t15-,19+,21+,22+/m0/s1. The number of aromatic nitrogens is 2. The molecule has 0 aliphatic carbocycles. The summed E-state index contributed by atoms with van der Waals surface area (Å²) in [4.78, 5) is 49.8. The molecule has 0 saturated heterocycles. The Hall–Kier alpha value is -2.49. The monoisotopic (exact) mass is 514 g/mol. The van der Waals surface area contributed by atoms with Gasteiger partial charge in [0, 0.05) is 20.8 Å². The lowest BCUT2D eigenvalue weighted by molar-refractivity contribution is -0.168. The highest BCUT2D eigenvalue weighted by Crippen LogP contribution is 2.47. The second-order valence-corrected chi connectivity index (χ2v) is 10.7. The molecule has 1 aliphatic rings. The van der Waals surface area contributed by atoms with Gasteiger partial charge in [0.05, 0.1) is 18.6 Å². The lowest BCUT2D eigenvalue weighted by Gasteiger charge is -2.24. The van der Waals surface area contributed by atoms with Gasteiger partial charge < -0.3 is 28.2 Å². The van der Waals surface area contributed by atoms with Gasteiger partial charge in [0.25, 0.3) is 0 Å². The van der Waals surface area contributed by atoms with Crippen LogP contribution in [-0.4, -0.2) is 51.7 Å². The van der Waals surface area contributed by atoms with E-state index in [0.29, 0.717) is 6.42 Å². The van der Waals surface area contributed by atoms with Crippen molar-refractivity contribution in [3.63, 3.8) is 0 Å². The number of carbonyl (C=O) groups is 3. The highest BCUT2D eigenvalue weighted by Gasteiger charge is 2.50. The number of hydrogen-bond donors (Lipinski definition) is 1. The Morgan fingerprint density at radius 2 is 1.77 bits per heavy atom. The number of hydrogen-bond acceptors (Lipinski definition) is 9. The Labute approximate surface area is 205 Å². The average Bonchev–Trinajstić information content (AvgIpc) is 3.25. The Bertz CT molecular complexity index is 999. The Balaban J connectivity index is 2.27. The molecule has 0 aromatic carbocycles. The van der Waals surface area contributed by atoms with Crippen molar-refractivity contribution >= 4 is 30.9 Å². The molecular formula is C23H35N2O9P. The van der Waals surface area contributed by atoms with E-state index in [-0.39, 0.29) is 30.3 Å². The molecule has 0 spiro atoms. The predicted molar refractivity (Wildman–Crippen MR) is 126 cm³/mol. The topological polar surface area (TPSA) is 143 Å². The third kappa shape index (κ3) is 8.02. The number of allylic oxidation sites excluding steroid dienone is 2. The molecule has 1 unspecified atom stereocenters. The van der Waals surface area contributed by atoms with Crippen LogP contribution >= 0.6 is 7.60 Å². The first-order valence-corrected chi connectivity index (χ1v) is 13.1. The molecule has 0 radical (unpaired) electrons. The highest BCUT2D eigenvalue weighted by atomic mass is 31.2.